The lowest BCUT2D eigenvalue weighted by Gasteiger charge is -2.32. The van der Waals surface area contributed by atoms with Gasteiger partial charge in [0, 0.05) is 30.3 Å². The van der Waals surface area contributed by atoms with Gasteiger partial charge in [-0.3, -0.25) is 9.78 Å². The van der Waals surface area contributed by atoms with E-state index in [4.69, 9.17) is 28.2 Å². The van der Waals surface area contributed by atoms with Gasteiger partial charge in [0.1, 0.15) is 5.52 Å². The highest BCUT2D eigenvalue weighted by molar-refractivity contribution is 6.37. The minimum absolute atomic E-state index is 0. The maximum Gasteiger partial charge on any atom is 0.169 e. The van der Waals surface area contributed by atoms with Crippen LogP contribution in [0.2, 0.25) is 10.0 Å². The highest BCUT2D eigenvalue weighted by Crippen LogP contribution is 2.37. The molecule has 0 bridgehead atoms. The molecule has 1 aromatic carbocycles. The van der Waals surface area contributed by atoms with Gasteiger partial charge < -0.3 is 15.3 Å². The molecule has 37 heavy (non-hydrogen) atoms. The lowest BCUT2D eigenvalue weighted by Crippen LogP contribution is -2.31. The summed E-state index contributed by atoms with van der Waals surface area (Å²) in [5.74, 6) is 0.411. The number of aromatic hydroxyl groups is 1. The van der Waals surface area contributed by atoms with Gasteiger partial charge in [-0.15, -0.1) is 24.8 Å². The third-order valence-corrected chi connectivity index (χ3v) is 7.21. The third-order valence-electron chi connectivity index (χ3n) is 6.63. The number of hydrogen-bond acceptors (Lipinski definition) is 6. The highest BCUT2D eigenvalue weighted by atomic mass is 35.5. The molecule has 0 unspecified atom stereocenters. The van der Waals surface area contributed by atoms with Crippen molar-refractivity contribution in [2.24, 2.45) is 11.8 Å². The predicted molar refractivity (Wildman–Crippen MR) is 158 cm³/mol. The minimum Gasteiger partial charge on any atom is -0.505 e. The summed E-state index contributed by atoms with van der Waals surface area (Å²) in [6, 6.07) is 7.25. The van der Waals surface area contributed by atoms with Crippen LogP contribution in [-0.4, -0.2) is 52.4 Å². The highest BCUT2D eigenvalue weighted by Gasteiger charge is 2.25. The van der Waals surface area contributed by atoms with Gasteiger partial charge in [0.25, 0.3) is 0 Å². The van der Waals surface area contributed by atoms with Gasteiger partial charge in [-0.25, -0.2) is 4.98 Å². The topological polar surface area (TPSA) is 78.3 Å². The number of halogens is 4. The van der Waals surface area contributed by atoms with Crippen molar-refractivity contribution in [2.75, 3.05) is 26.0 Å². The van der Waals surface area contributed by atoms with E-state index >= 15 is 0 Å². The zero-order chi connectivity index (χ0) is 25.3. The van der Waals surface area contributed by atoms with Gasteiger partial charge in [-0.2, -0.15) is 0 Å². The Morgan fingerprint density at radius 2 is 1.73 bits per heavy atom. The summed E-state index contributed by atoms with van der Waals surface area (Å²) in [7, 11) is 4.24. The Hall–Kier alpha value is -1.83. The molecule has 202 valence electrons. The van der Waals surface area contributed by atoms with Crippen molar-refractivity contribution in [1.29, 1.82) is 0 Å². The molecular formula is C27H34Cl4N4O2. The third kappa shape index (κ3) is 7.18. The second-order valence-corrected chi connectivity index (χ2v) is 10.9. The average Bonchev–Trinajstić information content (AvgIpc) is 2.82. The molecule has 6 nitrogen and oxygen atoms in total. The molecule has 0 aliphatic heterocycles. The summed E-state index contributed by atoms with van der Waals surface area (Å²) in [6.07, 6.45) is 6.05. The van der Waals surface area contributed by atoms with E-state index in [1.54, 1.807) is 18.3 Å². The number of Topliss-reactive ketones (excluding diaryl/α,β-unsaturated/α-hetero) is 1. The maximum absolute atomic E-state index is 13.1. The molecule has 2 aromatic heterocycles. The van der Waals surface area contributed by atoms with Crippen molar-refractivity contribution in [3.05, 3.63) is 46.1 Å². The number of hydrogen-bond donors (Lipinski definition) is 2. The van der Waals surface area contributed by atoms with Crippen LogP contribution in [0.25, 0.3) is 22.3 Å². The van der Waals surface area contributed by atoms with Crippen LogP contribution in [0.5, 0.6) is 5.75 Å². The summed E-state index contributed by atoms with van der Waals surface area (Å²) in [4.78, 5) is 24.8. The molecule has 1 fully saturated rings. The summed E-state index contributed by atoms with van der Waals surface area (Å²) in [5, 5.41) is 13.9. The standard InChI is InChI=1S/C27H32Cl2N4O2.2ClH/c1-15(2)26(34)19-13-30-23-10-9-22(17-11-20(28)27(35)21(29)12-17)32-25(23)24(19)31-18-7-5-16(6-8-18)14-33(3)4;;/h9-13,15-16,18,35H,5-8,14H2,1-4H3,(H,30,31);2*1H. The van der Waals surface area contributed by atoms with Crippen LogP contribution in [0.1, 0.15) is 49.9 Å². The molecule has 1 saturated carbocycles. The van der Waals surface area contributed by atoms with Crippen molar-refractivity contribution in [1.82, 2.24) is 14.9 Å². The van der Waals surface area contributed by atoms with Crippen molar-refractivity contribution < 1.29 is 9.90 Å². The molecular weight excluding hydrogens is 554 g/mol. The monoisotopic (exact) mass is 586 g/mol. The molecule has 2 N–H and O–H groups in total. The first-order valence-electron chi connectivity index (χ1n) is 12.1. The summed E-state index contributed by atoms with van der Waals surface area (Å²) < 4.78 is 0. The van der Waals surface area contributed by atoms with E-state index < -0.39 is 0 Å². The van der Waals surface area contributed by atoms with Gasteiger partial charge in [-0.1, -0.05) is 37.0 Å². The van der Waals surface area contributed by atoms with Crippen LogP contribution in [-0.2, 0) is 0 Å². The van der Waals surface area contributed by atoms with E-state index in [-0.39, 0.29) is 58.4 Å². The first-order valence-corrected chi connectivity index (χ1v) is 12.8. The van der Waals surface area contributed by atoms with E-state index in [0.717, 1.165) is 37.9 Å². The number of pyridine rings is 2. The fourth-order valence-corrected chi connectivity index (χ4v) is 5.28. The average molecular weight is 588 g/mol. The summed E-state index contributed by atoms with van der Waals surface area (Å²) >= 11 is 12.3. The van der Waals surface area contributed by atoms with Gasteiger partial charge >= 0.3 is 0 Å². The number of aromatic nitrogens is 2. The van der Waals surface area contributed by atoms with Crippen molar-refractivity contribution in [3.63, 3.8) is 0 Å². The summed E-state index contributed by atoms with van der Waals surface area (Å²) in [5.41, 5.74) is 3.96. The Morgan fingerprint density at radius 3 is 2.30 bits per heavy atom. The van der Waals surface area contributed by atoms with Crippen LogP contribution in [0.4, 0.5) is 5.69 Å². The molecule has 0 atom stereocenters. The number of benzene rings is 1. The van der Waals surface area contributed by atoms with Gasteiger partial charge in [-0.05, 0) is 70.0 Å². The van der Waals surface area contributed by atoms with E-state index in [9.17, 15) is 9.90 Å². The second kappa shape index (κ2) is 13.3. The number of phenols is 1. The number of phenolic OH excluding ortho intramolecular Hbond substituents is 1. The maximum atomic E-state index is 13.1. The van der Waals surface area contributed by atoms with Crippen LogP contribution >= 0.6 is 48.0 Å². The lowest BCUT2D eigenvalue weighted by atomic mass is 9.85. The van der Waals surface area contributed by atoms with Crippen LogP contribution in [0.15, 0.2) is 30.5 Å². The Labute approximate surface area is 241 Å². The van der Waals surface area contributed by atoms with Crippen LogP contribution < -0.4 is 5.32 Å². The molecule has 10 heteroatoms. The second-order valence-electron chi connectivity index (χ2n) is 10.0. The largest absolute Gasteiger partial charge is 0.505 e. The number of nitrogens with zero attached hydrogens (tertiary/aromatic N) is 3. The first-order chi connectivity index (χ1) is 16.6. The number of nitrogens with one attached hydrogen (secondary N) is 1. The molecule has 1 aliphatic carbocycles. The molecule has 3 aromatic rings. The molecule has 0 spiro atoms. The number of ketones is 1. The van der Waals surface area contributed by atoms with Gasteiger partial charge in [0.15, 0.2) is 11.5 Å². The number of carbonyl (C=O) groups excluding carboxylic acids is 1. The van der Waals surface area contributed by atoms with Gasteiger partial charge in [0.2, 0.25) is 0 Å². The van der Waals surface area contributed by atoms with Gasteiger partial charge in [0.05, 0.1) is 32.5 Å². The predicted octanol–water partition coefficient (Wildman–Crippen LogP) is 7.52. The molecule has 1 aliphatic rings. The SMILES string of the molecule is CC(C)C(=O)c1cnc2ccc(-c3cc(Cl)c(O)c(Cl)c3)nc2c1NC1CCC(CN(C)C)CC1.Cl.Cl. The minimum atomic E-state index is -0.163. The number of carbonyl (C=O) groups is 1. The Morgan fingerprint density at radius 1 is 1.11 bits per heavy atom. The van der Waals surface area contributed by atoms with E-state index in [1.165, 1.54) is 0 Å². The van der Waals surface area contributed by atoms with Crippen molar-refractivity contribution in [2.45, 2.75) is 45.6 Å². The smallest absolute Gasteiger partial charge is 0.169 e. The molecule has 0 radical (unpaired) electrons. The van der Waals surface area contributed by atoms with E-state index in [2.05, 4.69) is 29.3 Å². The van der Waals surface area contributed by atoms with Crippen LogP contribution in [0, 0.1) is 11.8 Å². The normalized spacial score (nSPS) is 17.4. The molecule has 0 saturated heterocycles. The zero-order valence-corrected chi connectivity index (χ0v) is 24.6. The Balaban J connectivity index is 0.00000241. The Kier molecular flexibility index (Phi) is 11.3. The quantitative estimate of drug-likeness (QED) is 0.278. The first kappa shape index (κ1) is 31.4. The fourth-order valence-electron chi connectivity index (χ4n) is 4.79. The molecule has 0 amide bonds. The lowest BCUT2D eigenvalue weighted by molar-refractivity contribution is 0.0940. The van der Waals surface area contributed by atoms with E-state index in [0.29, 0.717) is 33.8 Å². The zero-order valence-electron chi connectivity index (χ0n) is 21.4. The fraction of sp³-hybridized carbons (Fsp3) is 0.444. The number of anilines is 1. The number of fused-ring (bicyclic) bond motifs is 1. The molecule has 4 rings (SSSR count). The van der Waals surface area contributed by atoms with Crippen molar-refractivity contribution >= 4 is 70.5 Å². The number of rotatable bonds is 7. The van der Waals surface area contributed by atoms with Crippen LogP contribution in [0.3, 0.4) is 0 Å². The Bertz CT molecular complexity index is 1220. The summed E-state index contributed by atoms with van der Waals surface area (Å²) in [6.45, 7) is 4.89. The van der Waals surface area contributed by atoms with E-state index in [1.807, 2.05) is 26.0 Å². The molecule has 2 heterocycles. The van der Waals surface area contributed by atoms with Crippen molar-refractivity contribution in [3.8, 4) is 17.0 Å².